The average Bonchev–Trinajstić information content (AvgIpc) is 2.14. The number of hydrogen-bond acceptors (Lipinski definition) is 1. The number of carbonyl (C=O) groups is 1. The molecule has 0 saturated heterocycles. The molecule has 1 aliphatic carbocycles. The Morgan fingerprint density at radius 1 is 1.43 bits per heavy atom. The van der Waals surface area contributed by atoms with E-state index in [0.29, 0.717) is 30.0 Å². The van der Waals surface area contributed by atoms with Crippen LogP contribution in [0, 0.1) is 23.7 Å². The lowest BCUT2D eigenvalue weighted by Gasteiger charge is -2.33. The van der Waals surface area contributed by atoms with E-state index in [2.05, 4.69) is 19.8 Å². The first-order valence-electron chi connectivity index (χ1n) is 5.51. The Kier molecular flexibility index (Phi) is 3.75. The van der Waals surface area contributed by atoms with Crippen molar-refractivity contribution in [1.29, 1.82) is 0 Å². The van der Waals surface area contributed by atoms with Gasteiger partial charge >= 0.3 is 0 Å². The molecule has 0 N–H and O–H groups in total. The van der Waals surface area contributed by atoms with Crippen molar-refractivity contribution in [3.63, 3.8) is 0 Å². The van der Waals surface area contributed by atoms with E-state index in [1.54, 1.807) is 0 Å². The van der Waals surface area contributed by atoms with Gasteiger partial charge in [-0.2, -0.15) is 0 Å². The number of carbonyl (C=O) groups excluding carboxylic acids is 1. The zero-order chi connectivity index (χ0) is 10.6. The molecule has 0 aromatic heterocycles. The summed E-state index contributed by atoms with van der Waals surface area (Å²) in [6.45, 7) is 4.57. The predicted octanol–water partition coefficient (Wildman–Crippen LogP) is 3.19. The number of hydrogen-bond donors (Lipinski definition) is 0. The minimum absolute atomic E-state index is 0.302. The highest BCUT2D eigenvalue weighted by Crippen LogP contribution is 2.38. The second-order valence-corrected chi connectivity index (χ2v) is 5.11. The van der Waals surface area contributed by atoms with Crippen molar-refractivity contribution >= 4 is 5.78 Å². The Morgan fingerprint density at radius 3 is 2.50 bits per heavy atom. The number of Topliss-reactive ketones (excluding diaryl/α,β-unsaturated/α-hetero) is 1. The SMILES string of the molecule is C#CCCC(=O)C1CCC(C)(C)CC1. The highest BCUT2D eigenvalue weighted by Gasteiger charge is 2.29. The van der Waals surface area contributed by atoms with Crippen LogP contribution in [-0.2, 0) is 4.79 Å². The molecule has 0 aromatic carbocycles. The van der Waals surface area contributed by atoms with Crippen LogP contribution in [0.15, 0.2) is 0 Å². The highest BCUT2D eigenvalue weighted by atomic mass is 16.1. The summed E-state index contributed by atoms with van der Waals surface area (Å²) >= 11 is 0. The average molecular weight is 192 g/mol. The van der Waals surface area contributed by atoms with Crippen LogP contribution < -0.4 is 0 Å². The third-order valence-electron chi connectivity index (χ3n) is 3.31. The monoisotopic (exact) mass is 192 g/mol. The molecule has 1 fully saturated rings. The number of rotatable bonds is 3. The van der Waals surface area contributed by atoms with E-state index in [9.17, 15) is 4.79 Å². The van der Waals surface area contributed by atoms with Gasteiger partial charge in [0.1, 0.15) is 5.78 Å². The summed E-state index contributed by atoms with van der Waals surface area (Å²) in [5.74, 6) is 3.22. The molecule has 0 aliphatic heterocycles. The lowest BCUT2D eigenvalue weighted by molar-refractivity contribution is -0.124. The maximum absolute atomic E-state index is 11.7. The van der Waals surface area contributed by atoms with Crippen molar-refractivity contribution in [3.05, 3.63) is 0 Å². The fourth-order valence-corrected chi connectivity index (χ4v) is 2.12. The molecule has 1 rings (SSSR count). The van der Waals surface area contributed by atoms with Gasteiger partial charge in [0.25, 0.3) is 0 Å². The fourth-order valence-electron chi connectivity index (χ4n) is 2.12. The molecule has 0 heterocycles. The van der Waals surface area contributed by atoms with Crippen molar-refractivity contribution in [2.75, 3.05) is 0 Å². The molecular weight excluding hydrogens is 172 g/mol. The first-order chi connectivity index (χ1) is 6.55. The van der Waals surface area contributed by atoms with E-state index in [0.717, 1.165) is 12.8 Å². The molecule has 1 heteroatoms. The Balaban J connectivity index is 2.35. The van der Waals surface area contributed by atoms with Crippen LogP contribution in [0.4, 0.5) is 0 Å². The van der Waals surface area contributed by atoms with E-state index >= 15 is 0 Å². The molecule has 0 unspecified atom stereocenters. The van der Waals surface area contributed by atoms with Crippen LogP contribution in [0.25, 0.3) is 0 Å². The quantitative estimate of drug-likeness (QED) is 0.628. The molecule has 0 spiro atoms. The second kappa shape index (κ2) is 4.64. The summed E-state index contributed by atoms with van der Waals surface area (Å²) in [5, 5.41) is 0. The van der Waals surface area contributed by atoms with Crippen molar-refractivity contribution in [2.45, 2.75) is 52.4 Å². The normalized spacial score (nSPS) is 21.5. The van der Waals surface area contributed by atoms with Gasteiger partial charge in [0, 0.05) is 18.8 Å². The van der Waals surface area contributed by atoms with Gasteiger partial charge in [-0.1, -0.05) is 13.8 Å². The molecule has 1 nitrogen and oxygen atoms in total. The van der Waals surface area contributed by atoms with E-state index < -0.39 is 0 Å². The van der Waals surface area contributed by atoms with Crippen LogP contribution in [0.1, 0.15) is 52.4 Å². The van der Waals surface area contributed by atoms with Crippen molar-refractivity contribution in [1.82, 2.24) is 0 Å². The fraction of sp³-hybridized carbons (Fsp3) is 0.769. The minimum atomic E-state index is 0.302. The maximum Gasteiger partial charge on any atom is 0.136 e. The smallest absolute Gasteiger partial charge is 0.136 e. The van der Waals surface area contributed by atoms with Crippen LogP contribution in [0.3, 0.4) is 0 Å². The van der Waals surface area contributed by atoms with E-state index in [1.807, 2.05) is 0 Å². The molecule has 0 radical (unpaired) electrons. The lowest BCUT2D eigenvalue weighted by atomic mass is 9.71. The zero-order valence-electron chi connectivity index (χ0n) is 9.31. The summed E-state index contributed by atoms with van der Waals surface area (Å²) in [5.41, 5.74) is 0.447. The van der Waals surface area contributed by atoms with Gasteiger partial charge in [0.05, 0.1) is 0 Å². The van der Waals surface area contributed by atoms with Crippen molar-refractivity contribution < 1.29 is 4.79 Å². The molecule has 0 aromatic rings. The number of terminal acetylenes is 1. The van der Waals surface area contributed by atoms with E-state index in [4.69, 9.17) is 6.42 Å². The Morgan fingerprint density at radius 2 is 2.00 bits per heavy atom. The zero-order valence-corrected chi connectivity index (χ0v) is 9.31. The number of ketones is 1. The highest BCUT2D eigenvalue weighted by molar-refractivity contribution is 5.81. The van der Waals surface area contributed by atoms with Crippen LogP contribution in [0.2, 0.25) is 0 Å². The molecular formula is C13H20O. The molecule has 0 bridgehead atoms. The summed E-state index contributed by atoms with van der Waals surface area (Å²) in [6, 6.07) is 0. The largest absolute Gasteiger partial charge is 0.299 e. The van der Waals surface area contributed by atoms with Crippen molar-refractivity contribution in [3.8, 4) is 12.3 Å². The molecule has 0 atom stereocenters. The standard InChI is InChI=1S/C13H20O/c1-4-5-6-12(14)11-7-9-13(2,3)10-8-11/h1,11H,5-10H2,2-3H3. The first kappa shape index (κ1) is 11.3. The van der Waals surface area contributed by atoms with Crippen molar-refractivity contribution in [2.24, 2.45) is 11.3 Å². The van der Waals surface area contributed by atoms with Gasteiger partial charge in [0.15, 0.2) is 0 Å². The summed E-state index contributed by atoms with van der Waals surface area (Å²) in [4.78, 5) is 11.7. The van der Waals surface area contributed by atoms with Gasteiger partial charge in [-0.05, 0) is 31.1 Å². The maximum atomic E-state index is 11.7. The van der Waals surface area contributed by atoms with Crippen LogP contribution in [0.5, 0.6) is 0 Å². The third-order valence-corrected chi connectivity index (χ3v) is 3.31. The van der Waals surface area contributed by atoms with Gasteiger partial charge in [-0.25, -0.2) is 0 Å². The molecule has 14 heavy (non-hydrogen) atoms. The van der Waals surface area contributed by atoms with Crippen LogP contribution in [-0.4, -0.2) is 5.78 Å². The molecule has 78 valence electrons. The summed E-state index contributed by atoms with van der Waals surface area (Å²) in [6.07, 6.45) is 10.8. The molecule has 1 saturated carbocycles. The Labute approximate surface area is 87.3 Å². The van der Waals surface area contributed by atoms with E-state index in [1.165, 1.54) is 12.8 Å². The van der Waals surface area contributed by atoms with Crippen LogP contribution >= 0.6 is 0 Å². The summed E-state index contributed by atoms with van der Waals surface area (Å²) < 4.78 is 0. The summed E-state index contributed by atoms with van der Waals surface area (Å²) in [7, 11) is 0. The van der Waals surface area contributed by atoms with Gasteiger partial charge in [-0.15, -0.1) is 12.3 Å². The Hall–Kier alpha value is -0.770. The second-order valence-electron chi connectivity index (χ2n) is 5.11. The first-order valence-corrected chi connectivity index (χ1v) is 5.51. The minimum Gasteiger partial charge on any atom is -0.299 e. The Bertz CT molecular complexity index is 234. The van der Waals surface area contributed by atoms with Gasteiger partial charge in [-0.3, -0.25) is 4.79 Å². The molecule has 1 aliphatic rings. The van der Waals surface area contributed by atoms with Gasteiger partial charge < -0.3 is 0 Å². The van der Waals surface area contributed by atoms with Gasteiger partial charge in [0.2, 0.25) is 0 Å². The lowest BCUT2D eigenvalue weighted by Crippen LogP contribution is -2.26. The topological polar surface area (TPSA) is 17.1 Å². The third kappa shape index (κ3) is 3.18. The van der Waals surface area contributed by atoms with E-state index in [-0.39, 0.29) is 0 Å². The predicted molar refractivity (Wildman–Crippen MR) is 58.8 cm³/mol. The molecule has 0 amide bonds.